The molecule has 0 aromatic heterocycles. The summed E-state index contributed by atoms with van der Waals surface area (Å²) in [7, 11) is -1.86. The molecule has 0 aliphatic heterocycles. The lowest BCUT2D eigenvalue weighted by atomic mass is 9.68. The molecule has 4 heteroatoms. The Labute approximate surface area is 167 Å². The first-order valence-electron chi connectivity index (χ1n) is 10.3. The molecule has 1 saturated carbocycles. The molecule has 0 amide bonds. The van der Waals surface area contributed by atoms with Gasteiger partial charge >= 0.3 is 5.97 Å². The van der Waals surface area contributed by atoms with Crippen LogP contribution in [0.4, 0.5) is 0 Å². The topological polar surface area (TPSA) is 35.5 Å². The summed E-state index contributed by atoms with van der Waals surface area (Å²) in [5, 5.41) is 0.177. The average molecular weight is 391 g/mol. The van der Waals surface area contributed by atoms with Gasteiger partial charge in [-0.05, 0) is 48.4 Å². The van der Waals surface area contributed by atoms with Gasteiger partial charge in [-0.2, -0.15) is 0 Å². The highest BCUT2D eigenvalue weighted by Gasteiger charge is 2.45. The van der Waals surface area contributed by atoms with Gasteiger partial charge in [0.25, 0.3) is 0 Å². The minimum absolute atomic E-state index is 0.0674. The zero-order valence-corrected chi connectivity index (χ0v) is 19.3. The van der Waals surface area contributed by atoms with E-state index in [2.05, 4.69) is 47.7 Å². The molecule has 1 aromatic carbocycles. The van der Waals surface area contributed by atoms with Crippen molar-refractivity contribution in [3.63, 3.8) is 0 Å². The summed E-state index contributed by atoms with van der Waals surface area (Å²) >= 11 is 0. The quantitative estimate of drug-likeness (QED) is 0.420. The lowest BCUT2D eigenvalue weighted by molar-refractivity contribution is -0.154. The van der Waals surface area contributed by atoms with E-state index in [0.717, 1.165) is 31.2 Å². The van der Waals surface area contributed by atoms with Gasteiger partial charge in [0, 0.05) is 6.10 Å². The van der Waals surface area contributed by atoms with Gasteiger partial charge in [0.05, 0.1) is 5.92 Å². The summed E-state index contributed by atoms with van der Waals surface area (Å²) in [5.41, 5.74) is 1.18. The molecule has 152 valence electrons. The number of hydrogen-bond donors (Lipinski definition) is 0. The van der Waals surface area contributed by atoms with Crippen LogP contribution in [0, 0.1) is 11.3 Å². The summed E-state index contributed by atoms with van der Waals surface area (Å²) in [6.45, 7) is 16.3. The Morgan fingerprint density at radius 3 is 2.37 bits per heavy atom. The molecule has 0 radical (unpaired) electrons. The molecule has 3 nitrogen and oxygen atoms in total. The third-order valence-corrected chi connectivity index (χ3v) is 11.2. The molecule has 0 N–H and O–H groups in total. The van der Waals surface area contributed by atoms with Crippen LogP contribution in [-0.2, 0) is 20.6 Å². The number of esters is 1. The molecule has 3 unspecified atom stereocenters. The molecule has 1 aromatic rings. The van der Waals surface area contributed by atoms with E-state index in [1.165, 1.54) is 0 Å². The number of carbonyl (C=O) groups excluding carboxylic acids is 1. The van der Waals surface area contributed by atoms with Crippen molar-refractivity contribution in [3.05, 3.63) is 35.9 Å². The van der Waals surface area contributed by atoms with Crippen molar-refractivity contribution in [1.82, 2.24) is 0 Å². The van der Waals surface area contributed by atoms with Gasteiger partial charge in [-0.25, -0.2) is 0 Å². The minimum Gasteiger partial charge on any atom is -0.461 e. The minimum atomic E-state index is -1.86. The Hall–Kier alpha value is -1.13. The molecule has 27 heavy (non-hydrogen) atoms. The normalized spacial score (nSPS) is 26.6. The Morgan fingerprint density at radius 1 is 1.19 bits per heavy atom. The van der Waals surface area contributed by atoms with E-state index in [4.69, 9.17) is 9.16 Å². The van der Waals surface area contributed by atoms with E-state index in [1.807, 2.05) is 30.3 Å². The largest absolute Gasteiger partial charge is 0.461 e. The van der Waals surface area contributed by atoms with Gasteiger partial charge in [0.15, 0.2) is 8.32 Å². The van der Waals surface area contributed by atoms with E-state index in [9.17, 15) is 4.79 Å². The van der Waals surface area contributed by atoms with Crippen molar-refractivity contribution in [2.45, 2.75) is 91.1 Å². The lowest BCUT2D eigenvalue weighted by Gasteiger charge is -2.46. The van der Waals surface area contributed by atoms with E-state index >= 15 is 0 Å². The Bertz CT molecular complexity index is 620. The Balaban J connectivity index is 2.06. The Kier molecular flexibility index (Phi) is 6.96. The van der Waals surface area contributed by atoms with Crippen LogP contribution in [0.15, 0.2) is 30.3 Å². The molecule has 0 bridgehead atoms. The maximum atomic E-state index is 12.8. The molecule has 0 saturated heterocycles. The summed E-state index contributed by atoms with van der Waals surface area (Å²) in [6, 6.07) is 9.91. The molecular formula is C23H38O3Si. The second kappa shape index (κ2) is 8.48. The fourth-order valence-electron chi connectivity index (χ4n) is 3.71. The van der Waals surface area contributed by atoms with Gasteiger partial charge < -0.3 is 9.16 Å². The van der Waals surface area contributed by atoms with Gasteiger partial charge in [-0.3, -0.25) is 4.79 Å². The standard InChI is InChI=1S/C23H38O3Si/c1-8-23(5)15-19(21(24)25-17-18-12-10-9-11-13-18)14-20(16-23)26-27(6,7)22(2,3)4/h9-13,19-20H,8,14-17H2,1-7H3. The first-order chi connectivity index (χ1) is 12.5. The highest BCUT2D eigenvalue weighted by molar-refractivity contribution is 6.74. The average Bonchev–Trinajstić information content (AvgIpc) is 2.58. The highest BCUT2D eigenvalue weighted by Crippen LogP contribution is 2.46. The van der Waals surface area contributed by atoms with E-state index < -0.39 is 8.32 Å². The summed E-state index contributed by atoms with van der Waals surface area (Å²) in [4.78, 5) is 12.8. The monoisotopic (exact) mass is 390 g/mol. The number of ether oxygens (including phenoxy) is 1. The van der Waals surface area contributed by atoms with Gasteiger partial charge in [-0.1, -0.05) is 71.4 Å². The first-order valence-corrected chi connectivity index (χ1v) is 13.2. The van der Waals surface area contributed by atoms with Crippen molar-refractivity contribution in [3.8, 4) is 0 Å². The van der Waals surface area contributed by atoms with Crippen LogP contribution in [0.3, 0.4) is 0 Å². The van der Waals surface area contributed by atoms with E-state index in [-0.39, 0.29) is 28.4 Å². The first kappa shape index (κ1) is 22.2. The van der Waals surface area contributed by atoms with Crippen LogP contribution in [0.25, 0.3) is 0 Å². The summed E-state index contributed by atoms with van der Waals surface area (Å²) in [5.74, 6) is -0.135. The summed E-state index contributed by atoms with van der Waals surface area (Å²) in [6.07, 6.45) is 3.94. The number of benzene rings is 1. The maximum Gasteiger partial charge on any atom is 0.309 e. The zero-order chi connectivity index (χ0) is 20.3. The summed E-state index contributed by atoms with van der Waals surface area (Å²) < 4.78 is 12.4. The highest BCUT2D eigenvalue weighted by atomic mass is 28.4. The predicted molar refractivity (Wildman–Crippen MR) is 114 cm³/mol. The third kappa shape index (κ3) is 5.92. The van der Waals surface area contributed by atoms with Crippen LogP contribution in [0.2, 0.25) is 18.1 Å². The molecular weight excluding hydrogens is 352 g/mol. The van der Waals surface area contributed by atoms with Gasteiger partial charge in [0.1, 0.15) is 6.61 Å². The van der Waals surface area contributed by atoms with E-state index in [1.54, 1.807) is 0 Å². The van der Waals surface area contributed by atoms with Crippen molar-refractivity contribution in [2.75, 3.05) is 0 Å². The number of hydrogen-bond acceptors (Lipinski definition) is 3. The van der Waals surface area contributed by atoms with Crippen molar-refractivity contribution >= 4 is 14.3 Å². The molecule has 3 atom stereocenters. The second-order valence-electron chi connectivity index (χ2n) is 10.1. The molecule has 0 spiro atoms. The van der Waals surface area contributed by atoms with Crippen LogP contribution in [0.5, 0.6) is 0 Å². The second-order valence-corrected chi connectivity index (χ2v) is 14.9. The van der Waals surface area contributed by atoms with Gasteiger partial charge in [0.2, 0.25) is 0 Å². The maximum absolute atomic E-state index is 12.8. The third-order valence-electron chi connectivity index (χ3n) is 6.69. The number of carbonyl (C=O) groups is 1. The zero-order valence-electron chi connectivity index (χ0n) is 18.3. The van der Waals surface area contributed by atoms with Crippen LogP contribution >= 0.6 is 0 Å². The molecule has 0 heterocycles. The molecule has 1 fully saturated rings. The smallest absolute Gasteiger partial charge is 0.309 e. The predicted octanol–water partition coefficient (Wildman–Crippen LogP) is 6.34. The van der Waals surface area contributed by atoms with Crippen molar-refractivity contribution < 1.29 is 14.0 Å². The van der Waals surface area contributed by atoms with Gasteiger partial charge in [-0.15, -0.1) is 0 Å². The molecule has 1 aliphatic carbocycles. The van der Waals surface area contributed by atoms with Crippen LogP contribution in [0.1, 0.15) is 65.9 Å². The molecule has 2 rings (SSSR count). The molecule has 1 aliphatic rings. The van der Waals surface area contributed by atoms with Crippen molar-refractivity contribution in [1.29, 1.82) is 0 Å². The lowest BCUT2D eigenvalue weighted by Crippen LogP contribution is -2.48. The van der Waals surface area contributed by atoms with Crippen LogP contribution < -0.4 is 0 Å². The Morgan fingerprint density at radius 2 is 1.81 bits per heavy atom. The fraction of sp³-hybridized carbons (Fsp3) is 0.696. The van der Waals surface area contributed by atoms with E-state index in [0.29, 0.717) is 6.61 Å². The van der Waals surface area contributed by atoms with Crippen LogP contribution in [-0.4, -0.2) is 20.4 Å². The fourth-order valence-corrected chi connectivity index (χ4v) is 5.08. The SMILES string of the molecule is CCC1(C)CC(O[Si](C)(C)C(C)(C)C)CC(C(=O)OCc2ccccc2)C1. The van der Waals surface area contributed by atoms with Crippen molar-refractivity contribution in [2.24, 2.45) is 11.3 Å². The number of rotatable bonds is 6.